The molecule has 0 amide bonds. The van der Waals surface area contributed by atoms with E-state index in [2.05, 4.69) is 26.0 Å². The van der Waals surface area contributed by atoms with Crippen molar-refractivity contribution in [2.45, 2.75) is 32.3 Å². The average Bonchev–Trinajstić information content (AvgIpc) is 2.77. The summed E-state index contributed by atoms with van der Waals surface area (Å²) >= 11 is 0. The SMILES string of the molecule is Cc1cc(C)c2c(c1)CC(O)(c1ccc(C(=O)O)cc1)C2. The number of carboxylic acids is 1. The van der Waals surface area contributed by atoms with Gasteiger partial charge >= 0.3 is 5.97 Å². The lowest BCUT2D eigenvalue weighted by Crippen LogP contribution is -2.26. The van der Waals surface area contributed by atoms with Crippen molar-refractivity contribution in [3.05, 3.63) is 69.8 Å². The van der Waals surface area contributed by atoms with E-state index in [0.29, 0.717) is 12.8 Å². The van der Waals surface area contributed by atoms with Gasteiger partial charge in [0.1, 0.15) is 0 Å². The number of carbonyl (C=O) groups is 1. The molecule has 0 saturated heterocycles. The van der Waals surface area contributed by atoms with E-state index in [-0.39, 0.29) is 5.56 Å². The first kappa shape index (κ1) is 13.8. The Morgan fingerprint density at radius 2 is 1.76 bits per heavy atom. The first-order valence-electron chi connectivity index (χ1n) is 7.04. The van der Waals surface area contributed by atoms with E-state index in [4.69, 9.17) is 5.11 Å². The largest absolute Gasteiger partial charge is 0.478 e. The minimum atomic E-state index is -0.949. The molecular weight excluding hydrogens is 264 g/mol. The summed E-state index contributed by atoms with van der Waals surface area (Å²) in [5, 5.41) is 19.9. The van der Waals surface area contributed by atoms with Crippen LogP contribution in [0, 0.1) is 13.8 Å². The number of aromatic carboxylic acids is 1. The van der Waals surface area contributed by atoms with Gasteiger partial charge in [0.2, 0.25) is 0 Å². The molecule has 0 spiro atoms. The van der Waals surface area contributed by atoms with E-state index in [9.17, 15) is 9.90 Å². The van der Waals surface area contributed by atoms with E-state index in [0.717, 1.165) is 5.56 Å². The number of rotatable bonds is 2. The molecule has 0 aliphatic heterocycles. The van der Waals surface area contributed by atoms with Crippen molar-refractivity contribution in [2.75, 3.05) is 0 Å². The number of benzene rings is 2. The number of aliphatic hydroxyl groups is 1. The zero-order valence-corrected chi connectivity index (χ0v) is 12.2. The number of fused-ring (bicyclic) bond motifs is 1. The van der Waals surface area contributed by atoms with E-state index < -0.39 is 11.6 Å². The lowest BCUT2D eigenvalue weighted by Gasteiger charge is -2.23. The van der Waals surface area contributed by atoms with Gasteiger partial charge in [-0.1, -0.05) is 29.8 Å². The average molecular weight is 282 g/mol. The second kappa shape index (κ2) is 4.71. The van der Waals surface area contributed by atoms with Gasteiger partial charge in [-0.3, -0.25) is 0 Å². The molecule has 0 bridgehead atoms. The van der Waals surface area contributed by atoms with Crippen LogP contribution in [0.1, 0.15) is 38.2 Å². The molecule has 0 heterocycles. The lowest BCUT2D eigenvalue weighted by molar-refractivity contribution is 0.0479. The minimum absolute atomic E-state index is 0.241. The predicted octanol–water partition coefficient (Wildman–Crippen LogP) is 2.99. The molecule has 3 rings (SSSR count). The Morgan fingerprint density at radius 3 is 2.38 bits per heavy atom. The fraction of sp³-hybridized carbons (Fsp3) is 0.278. The molecule has 108 valence electrons. The normalized spacial score (nSPS) is 20.3. The molecule has 0 saturated carbocycles. The maximum atomic E-state index is 11.0. The third kappa shape index (κ3) is 2.34. The van der Waals surface area contributed by atoms with E-state index in [1.54, 1.807) is 24.3 Å². The lowest BCUT2D eigenvalue weighted by atomic mass is 9.90. The quantitative estimate of drug-likeness (QED) is 0.890. The van der Waals surface area contributed by atoms with Crippen molar-refractivity contribution in [3.8, 4) is 0 Å². The number of hydrogen-bond acceptors (Lipinski definition) is 2. The van der Waals surface area contributed by atoms with Crippen molar-refractivity contribution < 1.29 is 15.0 Å². The molecule has 1 aliphatic carbocycles. The third-order valence-corrected chi connectivity index (χ3v) is 4.33. The summed E-state index contributed by atoms with van der Waals surface area (Å²) in [6, 6.07) is 10.8. The summed E-state index contributed by atoms with van der Waals surface area (Å²) in [7, 11) is 0. The van der Waals surface area contributed by atoms with Gasteiger partial charge < -0.3 is 10.2 Å². The van der Waals surface area contributed by atoms with Gasteiger partial charge in [-0.2, -0.15) is 0 Å². The Kier molecular flexibility index (Phi) is 3.10. The Balaban J connectivity index is 1.97. The van der Waals surface area contributed by atoms with Crippen LogP contribution in [0.5, 0.6) is 0 Å². The highest BCUT2D eigenvalue weighted by Crippen LogP contribution is 2.39. The highest BCUT2D eigenvalue weighted by Gasteiger charge is 2.37. The fourth-order valence-corrected chi connectivity index (χ4v) is 3.29. The Bertz CT molecular complexity index is 716. The van der Waals surface area contributed by atoms with Crippen LogP contribution in [-0.2, 0) is 18.4 Å². The zero-order valence-electron chi connectivity index (χ0n) is 12.2. The van der Waals surface area contributed by atoms with Gasteiger partial charge in [-0.25, -0.2) is 4.79 Å². The van der Waals surface area contributed by atoms with Crippen LogP contribution in [0.15, 0.2) is 36.4 Å². The highest BCUT2D eigenvalue weighted by atomic mass is 16.4. The van der Waals surface area contributed by atoms with Gasteiger partial charge in [-0.15, -0.1) is 0 Å². The Morgan fingerprint density at radius 1 is 1.10 bits per heavy atom. The summed E-state index contributed by atoms with van der Waals surface area (Å²) in [5.41, 5.74) is 4.91. The summed E-state index contributed by atoms with van der Waals surface area (Å²) in [4.78, 5) is 10.9. The van der Waals surface area contributed by atoms with Crippen molar-refractivity contribution in [3.63, 3.8) is 0 Å². The number of hydrogen-bond donors (Lipinski definition) is 2. The van der Waals surface area contributed by atoms with Gasteiger partial charge in [0.05, 0.1) is 11.2 Å². The molecule has 2 aromatic rings. The first-order chi connectivity index (χ1) is 9.89. The molecule has 3 heteroatoms. The zero-order chi connectivity index (χ0) is 15.2. The Hall–Kier alpha value is -2.13. The smallest absolute Gasteiger partial charge is 0.335 e. The van der Waals surface area contributed by atoms with Crippen molar-refractivity contribution in [1.29, 1.82) is 0 Å². The third-order valence-electron chi connectivity index (χ3n) is 4.33. The topological polar surface area (TPSA) is 57.5 Å². The molecular formula is C18H18O3. The maximum Gasteiger partial charge on any atom is 0.335 e. The number of carboxylic acid groups (broad SMARTS) is 1. The monoisotopic (exact) mass is 282 g/mol. The molecule has 0 fully saturated rings. The second-order valence-electron chi connectivity index (χ2n) is 5.99. The van der Waals surface area contributed by atoms with Crippen LogP contribution in [0.3, 0.4) is 0 Å². The molecule has 1 unspecified atom stereocenters. The molecule has 2 N–H and O–H groups in total. The van der Waals surface area contributed by atoms with Gasteiger partial charge in [0, 0.05) is 12.8 Å². The van der Waals surface area contributed by atoms with Gasteiger partial charge in [0.25, 0.3) is 0 Å². The van der Waals surface area contributed by atoms with E-state index in [1.807, 2.05) is 0 Å². The van der Waals surface area contributed by atoms with E-state index >= 15 is 0 Å². The van der Waals surface area contributed by atoms with Gasteiger partial charge in [-0.05, 0) is 48.2 Å². The van der Waals surface area contributed by atoms with Crippen LogP contribution in [-0.4, -0.2) is 16.2 Å². The molecule has 21 heavy (non-hydrogen) atoms. The fourth-order valence-electron chi connectivity index (χ4n) is 3.29. The van der Waals surface area contributed by atoms with Crippen LogP contribution >= 0.6 is 0 Å². The molecule has 3 nitrogen and oxygen atoms in total. The summed E-state index contributed by atoms with van der Waals surface area (Å²) in [6.45, 7) is 4.14. The van der Waals surface area contributed by atoms with Crippen molar-refractivity contribution in [2.24, 2.45) is 0 Å². The molecule has 0 radical (unpaired) electrons. The predicted molar refractivity (Wildman–Crippen MR) is 80.6 cm³/mol. The van der Waals surface area contributed by atoms with Crippen LogP contribution in [0.2, 0.25) is 0 Å². The van der Waals surface area contributed by atoms with Crippen LogP contribution in [0.25, 0.3) is 0 Å². The second-order valence-corrected chi connectivity index (χ2v) is 5.99. The summed E-state index contributed by atoms with van der Waals surface area (Å²) in [5.74, 6) is -0.949. The van der Waals surface area contributed by atoms with E-state index in [1.165, 1.54) is 22.3 Å². The molecule has 1 aliphatic rings. The maximum absolute atomic E-state index is 11.0. The highest BCUT2D eigenvalue weighted by molar-refractivity contribution is 5.87. The minimum Gasteiger partial charge on any atom is -0.478 e. The molecule has 0 aromatic heterocycles. The van der Waals surface area contributed by atoms with Crippen LogP contribution in [0.4, 0.5) is 0 Å². The van der Waals surface area contributed by atoms with Crippen LogP contribution < -0.4 is 0 Å². The molecule has 1 atom stereocenters. The van der Waals surface area contributed by atoms with Crippen molar-refractivity contribution >= 4 is 5.97 Å². The molecule has 2 aromatic carbocycles. The first-order valence-corrected chi connectivity index (χ1v) is 7.04. The summed E-state index contributed by atoms with van der Waals surface area (Å²) in [6.07, 6.45) is 1.16. The Labute approximate surface area is 123 Å². The summed E-state index contributed by atoms with van der Waals surface area (Å²) < 4.78 is 0. The number of aryl methyl sites for hydroxylation is 2. The van der Waals surface area contributed by atoms with Crippen molar-refractivity contribution in [1.82, 2.24) is 0 Å². The standard InChI is InChI=1S/C18H18O3/c1-11-7-12(2)16-10-18(21,9-14(16)8-11)15-5-3-13(4-6-15)17(19)20/h3-8,21H,9-10H2,1-2H3,(H,19,20). The van der Waals surface area contributed by atoms with Gasteiger partial charge in [0.15, 0.2) is 0 Å².